The zero-order chi connectivity index (χ0) is 15.8. The number of halogens is 1. The molecule has 3 heterocycles. The zero-order valence-electron chi connectivity index (χ0n) is 12.4. The van der Waals surface area contributed by atoms with Crippen molar-refractivity contribution in [1.82, 2.24) is 9.29 Å². The second-order valence-corrected chi connectivity index (χ2v) is 7.93. The van der Waals surface area contributed by atoms with Crippen molar-refractivity contribution in [1.29, 1.82) is 0 Å². The number of ether oxygens (including phenoxy) is 2. The van der Waals surface area contributed by atoms with Gasteiger partial charge in [0.25, 0.3) is 0 Å². The first-order valence-corrected chi connectivity index (χ1v) is 8.93. The Morgan fingerprint density at radius 2 is 2.32 bits per heavy atom. The van der Waals surface area contributed by atoms with E-state index in [2.05, 4.69) is 4.98 Å². The Morgan fingerprint density at radius 1 is 1.55 bits per heavy atom. The van der Waals surface area contributed by atoms with Gasteiger partial charge in [-0.05, 0) is 25.5 Å². The number of sulfonamides is 1. The van der Waals surface area contributed by atoms with Gasteiger partial charge in [-0.2, -0.15) is 4.31 Å². The van der Waals surface area contributed by atoms with Crippen LogP contribution in [0.1, 0.15) is 13.3 Å². The lowest BCUT2D eigenvalue weighted by atomic mass is 9.83. The molecule has 0 N–H and O–H groups in total. The molecule has 3 rings (SSSR count). The molecule has 2 fully saturated rings. The molecule has 0 radical (unpaired) electrons. The molecule has 1 spiro atoms. The number of nitrogens with zero attached hydrogens (tertiary/aromatic N) is 2. The molecule has 0 bridgehead atoms. The summed E-state index contributed by atoms with van der Waals surface area (Å²) in [4.78, 5) is 3.85. The molecule has 0 amide bonds. The van der Waals surface area contributed by atoms with Gasteiger partial charge >= 0.3 is 0 Å². The molecule has 0 aliphatic carbocycles. The van der Waals surface area contributed by atoms with Gasteiger partial charge in [-0.1, -0.05) is 0 Å². The largest absolute Gasteiger partial charge is 0.475 e. The van der Waals surface area contributed by atoms with E-state index in [0.29, 0.717) is 19.7 Å². The topological polar surface area (TPSA) is 68.7 Å². The Balaban J connectivity index is 1.62. The summed E-state index contributed by atoms with van der Waals surface area (Å²) < 4.78 is 49.9. The van der Waals surface area contributed by atoms with E-state index in [1.807, 2.05) is 0 Å². The maximum absolute atomic E-state index is 13.5. The van der Waals surface area contributed by atoms with Gasteiger partial charge in [0.05, 0.1) is 12.4 Å². The van der Waals surface area contributed by atoms with E-state index >= 15 is 0 Å². The molecule has 0 saturated carbocycles. The average molecular weight is 330 g/mol. The fraction of sp³-hybridized carbons (Fsp3) is 0.643. The van der Waals surface area contributed by atoms with Crippen molar-refractivity contribution in [2.24, 2.45) is 5.92 Å². The molecule has 1 atom stereocenters. The Morgan fingerprint density at radius 3 is 3.00 bits per heavy atom. The molecular formula is C14H19FN2O4S. The van der Waals surface area contributed by atoms with Crippen molar-refractivity contribution in [3.8, 4) is 5.88 Å². The highest BCUT2D eigenvalue weighted by atomic mass is 32.2. The molecule has 2 saturated heterocycles. The zero-order valence-corrected chi connectivity index (χ0v) is 13.2. The van der Waals surface area contributed by atoms with E-state index in [1.54, 1.807) is 6.92 Å². The van der Waals surface area contributed by atoms with Crippen molar-refractivity contribution < 1.29 is 22.3 Å². The van der Waals surface area contributed by atoms with Crippen LogP contribution in [0.15, 0.2) is 18.3 Å². The number of hydrogen-bond acceptors (Lipinski definition) is 5. The monoisotopic (exact) mass is 330 g/mol. The van der Waals surface area contributed by atoms with Crippen molar-refractivity contribution in [3.63, 3.8) is 0 Å². The van der Waals surface area contributed by atoms with E-state index in [4.69, 9.17) is 9.47 Å². The normalized spacial score (nSPS) is 24.4. The SMILES string of the molecule is CCS(=O)(=O)N1CC2(C1)OCCC2COc1ncccc1F. The Hall–Kier alpha value is -1.25. The Kier molecular flexibility index (Phi) is 4.09. The quantitative estimate of drug-likeness (QED) is 0.807. The molecule has 6 nitrogen and oxygen atoms in total. The predicted molar refractivity (Wildman–Crippen MR) is 77.5 cm³/mol. The minimum atomic E-state index is -3.18. The fourth-order valence-corrected chi connectivity index (χ4v) is 4.15. The lowest BCUT2D eigenvalue weighted by Crippen LogP contribution is -2.66. The molecule has 1 aromatic heterocycles. The second-order valence-electron chi connectivity index (χ2n) is 5.67. The summed E-state index contributed by atoms with van der Waals surface area (Å²) in [5.74, 6) is -0.401. The lowest BCUT2D eigenvalue weighted by Gasteiger charge is -2.48. The molecule has 1 unspecified atom stereocenters. The van der Waals surface area contributed by atoms with E-state index in [9.17, 15) is 12.8 Å². The third kappa shape index (κ3) is 2.70. The summed E-state index contributed by atoms with van der Waals surface area (Å²) in [7, 11) is -3.18. The summed E-state index contributed by atoms with van der Waals surface area (Å²) in [5.41, 5.74) is -0.493. The van der Waals surface area contributed by atoms with Crippen molar-refractivity contribution in [2.75, 3.05) is 32.1 Å². The van der Waals surface area contributed by atoms with Crippen molar-refractivity contribution >= 4 is 10.0 Å². The van der Waals surface area contributed by atoms with E-state index < -0.39 is 21.4 Å². The summed E-state index contributed by atoms with van der Waals surface area (Å²) >= 11 is 0. The Labute approximate surface area is 129 Å². The second kappa shape index (κ2) is 5.75. The van der Waals surface area contributed by atoms with Crippen LogP contribution in [0.4, 0.5) is 4.39 Å². The van der Waals surface area contributed by atoms with E-state index in [0.717, 1.165) is 6.42 Å². The summed E-state index contributed by atoms with van der Waals surface area (Å²) in [6.45, 7) is 3.16. The van der Waals surface area contributed by atoms with Gasteiger partial charge in [-0.25, -0.2) is 17.8 Å². The van der Waals surface area contributed by atoms with Crippen LogP contribution in [-0.2, 0) is 14.8 Å². The van der Waals surface area contributed by atoms with Gasteiger partial charge in [-0.15, -0.1) is 0 Å². The van der Waals surface area contributed by atoms with Gasteiger partial charge in [0.15, 0.2) is 5.82 Å². The minimum absolute atomic E-state index is 0.0260. The predicted octanol–water partition coefficient (Wildman–Crippen LogP) is 1.04. The summed E-state index contributed by atoms with van der Waals surface area (Å²) in [5, 5.41) is 0. The van der Waals surface area contributed by atoms with Gasteiger partial charge < -0.3 is 9.47 Å². The van der Waals surface area contributed by atoms with Crippen LogP contribution in [0.25, 0.3) is 0 Å². The van der Waals surface area contributed by atoms with Crippen LogP contribution in [0, 0.1) is 11.7 Å². The first kappa shape index (κ1) is 15.6. The average Bonchev–Trinajstić information content (AvgIpc) is 2.89. The Bertz CT molecular complexity index is 646. The van der Waals surface area contributed by atoms with Crippen molar-refractivity contribution in [3.05, 3.63) is 24.1 Å². The first-order chi connectivity index (χ1) is 10.5. The first-order valence-electron chi connectivity index (χ1n) is 7.32. The molecule has 122 valence electrons. The standard InChI is InChI=1S/C14H19FN2O4S/c1-2-22(18,19)17-9-14(10-17)11(5-7-21-14)8-20-13-12(15)4-3-6-16-13/h3-4,6,11H,2,5,7-10H2,1H3. The number of rotatable bonds is 5. The molecule has 22 heavy (non-hydrogen) atoms. The highest BCUT2D eigenvalue weighted by Gasteiger charge is 2.56. The molecule has 8 heteroatoms. The van der Waals surface area contributed by atoms with Crippen LogP contribution < -0.4 is 4.74 Å². The molecule has 1 aromatic rings. The third-order valence-electron chi connectivity index (χ3n) is 4.39. The van der Waals surface area contributed by atoms with Crippen LogP contribution in [0.5, 0.6) is 5.88 Å². The molecule has 0 aromatic carbocycles. The molecule has 2 aliphatic rings. The van der Waals surface area contributed by atoms with Gasteiger partial charge in [-0.3, -0.25) is 0 Å². The third-order valence-corrected chi connectivity index (χ3v) is 6.17. The smallest absolute Gasteiger partial charge is 0.250 e. The highest BCUT2D eigenvalue weighted by Crippen LogP contribution is 2.41. The lowest BCUT2D eigenvalue weighted by molar-refractivity contribution is -0.107. The maximum Gasteiger partial charge on any atom is 0.250 e. The summed E-state index contributed by atoms with van der Waals surface area (Å²) in [6.07, 6.45) is 2.24. The highest BCUT2D eigenvalue weighted by molar-refractivity contribution is 7.89. The number of hydrogen-bond donors (Lipinski definition) is 0. The van der Waals surface area contributed by atoms with Crippen LogP contribution in [0.2, 0.25) is 0 Å². The molecule has 2 aliphatic heterocycles. The maximum atomic E-state index is 13.5. The van der Waals surface area contributed by atoms with E-state index in [1.165, 1.54) is 22.6 Å². The van der Waals surface area contributed by atoms with Crippen LogP contribution in [-0.4, -0.2) is 55.4 Å². The van der Waals surface area contributed by atoms with Gasteiger partial charge in [0.2, 0.25) is 15.9 Å². The van der Waals surface area contributed by atoms with Crippen LogP contribution in [0.3, 0.4) is 0 Å². The summed E-state index contributed by atoms with van der Waals surface area (Å²) in [6, 6.07) is 2.80. The van der Waals surface area contributed by atoms with Gasteiger partial charge in [0, 0.05) is 31.8 Å². The van der Waals surface area contributed by atoms with Crippen molar-refractivity contribution in [2.45, 2.75) is 18.9 Å². The van der Waals surface area contributed by atoms with E-state index in [-0.39, 0.29) is 24.2 Å². The fourth-order valence-electron chi connectivity index (χ4n) is 2.96. The number of pyridine rings is 1. The van der Waals surface area contributed by atoms with Gasteiger partial charge in [0.1, 0.15) is 5.60 Å². The number of aromatic nitrogens is 1. The minimum Gasteiger partial charge on any atom is -0.475 e. The molecular weight excluding hydrogens is 311 g/mol. The van der Waals surface area contributed by atoms with Crippen LogP contribution >= 0.6 is 0 Å².